The van der Waals surface area contributed by atoms with E-state index < -0.39 is 28.5 Å². The Balaban J connectivity index is 2.43. The number of esters is 2. The third kappa shape index (κ3) is 4.39. The summed E-state index contributed by atoms with van der Waals surface area (Å²) in [6.07, 6.45) is 0. The number of nitro benzene ring substituents is 1. The summed E-state index contributed by atoms with van der Waals surface area (Å²) in [5.41, 5.74) is -0.455. The summed E-state index contributed by atoms with van der Waals surface area (Å²) < 4.78 is 9.25. The lowest BCUT2D eigenvalue weighted by molar-refractivity contribution is -0.384. The number of hydrogen-bond donors (Lipinski definition) is 1. The van der Waals surface area contributed by atoms with E-state index in [1.165, 1.54) is 37.4 Å². The molecule has 1 N–H and O–H groups in total. The van der Waals surface area contributed by atoms with Crippen LogP contribution in [0.1, 0.15) is 31.1 Å². The number of halogens is 1. The van der Waals surface area contributed by atoms with Crippen molar-refractivity contribution in [1.29, 1.82) is 0 Å². The van der Waals surface area contributed by atoms with Crippen LogP contribution in [-0.2, 0) is 9.47 Å². The van der Waals surface area contributed by atoms with Gasteiger partial charge in [-0.2, -0.15) is 0 Å². The fraction of sp³-hybridized carbons (Fsp3) is 0.118. The van der Waals surface area contributed by atoms with Gasteiger partial charge >= 0.3 is 11.9 Å². The topological polar surface area (TPSA) is 125 Å². The van der Waals surface area contributed by atoms with Crippen LogP contribution < -0.4 is 5.32 Å². The number of carbonyl (C=O) groups excluding carboxylic acids is 3. The van der Waals surface area contributed by atoms with Crippen molar-refractivity contribution in [2.75, 3.05) is 19.5 Å². The maximum atomic E-state index is 12.5. The molecule has 2 aromatic carbocycles. The monoisotopic (exact) mass is 392 g/mol. The van der Waals surface area contributed by atoms with Crippen molar-refractivity contribution in [3.63, 3.8) is 0 Å². The standard InChI is InChI=1S/C17H13ClN2O7/c1-26-16(22)10-3-5-11(17(23)27-2)13(7-10)19-15(21)9-4-6-12(18)14(8-9)20(24)25/h3-8H,1-2H3,(H,19,21). The maximum Gasteiger partial charge on any atom is 0.339 e. The van der Waals surface area contributed by atoms with Gasteiger partial charge in [-0.05, 0) is 30.3 Å². The molecule has 0 spiro atoms. The van der Waals surface area contributed by atoms with Crippen molar-refractivity contribution in [2.45, 2.75) is 0 Å². The Morgan fingerprint density at radius 3 is 2.22 bits per heavy atom. The molecule has 0 fully saturated rings. The molecule has 2 rings (SSSR count). The van der Waals surface area contributed by atoms with E-state index in [2.05, 4.69) is 14.8 Å². The van der Waals surface area contributed by atoms with Crippen molar-refractivity contribution in [2.24, 2.45) is 0 Å². The van der Waals surface area contributed by atoms with E-state index in [1.807, 2.05) is 0 Å². The Labute approximate surface area is 158 Å². The molecule has 0 aliphatic rings. The highest BCUT2D eigenvalue weighted by Crippen LogP contribution is 2.26. The molecule has 0 saturated carbocycles. The molecule has 0 aromatic heterocycles. The van der Waals surface area contributed by atoms with Crippen LogP contribution in [-0.4, -0.2) is 37.0 Å². The predicted molar refractivity (Wildman–Crippen MR) is 95.2 cm³/mol. The number of anilines is 1. The molecule has 27 heavy (non-hydrogen) atoms. The van der Waals surface area contributed by atoms with Gasteiger partial charge in [0.15, 0.2) is 0 Å². The van der Waals surface area contributed by atoms with Gasteiger partial charge in [0, 0.05) is 11.6 Å². The smallest absolute Gasteiger partial charge is 0.339 e. The second-order valence-electron chi connectivity index (χ2n) is 5.12. The Kier molecular flexibility index (Phi) is 6.09. The number of amides is 1. The van der Waals surface area contributed by atoms with Gasteiger partial charge < -0.3 is 14.8 Å². The van der Waals surface area contributed by atoms with Gasteiger partial charge in [0.25, 0.3) is 11.6 Å². The van der Waals surface area contributed by atoms with E-state index in [9.17, 15) is 24.5 Å². The van der Waals surface area contributed by atoms with Crippen LogP contribution >= 0.6 is 11.6 Å². The summed E-state index contributed by atoms with van der Waals surface area (Å²) >= 11 is 5.73. The van der Waals surface area contributed by atoms with E-state index in [0.717, 1.165) is 13.2 Å². The number of nitrogens with one attached hydrogen (secondary N) is 1. The second kappa shape index (κ2) is 8.28. The number of nitro groups is 1. The number of benzene rings is 2. The van der Waals surface area contributed by atoms with Gasteiger partial charge in [-0.15, -0.1) is 0 Å². The molecule has 140 valence electrons. The highest BCUT2D eigenvalue weighted by atomic mass is 35.5. The minimum Gasteiger partial charge on any atom is -0.465 e. The molecule has 0 aliphatic heterocycles. The first kappa shape index (κ1) is 19.9. The average Bonchev–Trinajstić information content (AvgIpc) is 2.66. The van der Waals surface area contributed by atoms with Gasteiger partial charge in [-0.3, -0.25) is 14.9 Å². The van der Waals surface area contributed by atoms with Crippen LogP contribution in [0.4, 0.5) is 11.4 Å². The van der Waals surface area contributed by atoms with Crippen molar-refractivity contribution in [3.05, 3.63) is 68.2 Å². The molecule has 0 atom stereocenters. The SMILES string of the molecule is COC(=O)c1ccc(C(=O)OC)c(NC(=O)c2ccc(Cl)c([N+](=O)[O-])c2)c1. The largest absolute Gasteiger partial charge is 0.465 e. The van der Waals surface area contributed by atoms with E-state index in [-0.39, 0.29) is 27.4 Å². The van der Waals surface area contributed by atoms with Crippen molar-refractivity contribution < 1.29 is 28.8 Å². The number of nitrogens with zero attached hydrogens (tertiary/aromatic N) is 1. The summed E-state index contributed by atoms with van der Waals surface area (Å²) in [5.74, 6) is -2.17. The fourth-order valence-corrected chi connectivity index (χ4v) is 2.36. The number of hydrogen-bond acceptors (Lipinski definition) is 7. The van der Waals surface area contributed by atoms with Crippen LogP contribution in [0.2, 0.25) is 5.02 Å². The Bertz CT molecular complexity index is 943. The van der Waals surface area contributed by atoms with Gasteiger partial charge in [-0.1, -0.05) is 11.6 Å². The normalized spacial score (nSPS) is 10.0. The zero-order valence-electron chi connectivity index (χ0n) is 14.1. The highest BCUT2D eigenvalue weighted by Gasteiger charge is 2.20. The summed E-state index contributed by atoms with van der Waals surface area (Å²) in [4.78, 5) is 46.3. The van der Waals surface area contributed by atoms with Crippen LogP contribution in [0, 0.1) is 10.1 Å². The Morgan fingerprint density at radius 2 is 1.63 bits per heavy atom. The Morgan fingerprint density at radius 1 is 1.00 bits per heavy atom. The third-order valence-electron chi connectivity index (χ3n) is 3.50. The zero-order chi connectivity index (χ0) is 20.1. The fourth-order valence-electron chi connectivity index (χ4n) is 2.17. The first-order valence-electron chi connectivity index (χ1n) is 7.34. The summed E-state index contributed by atoms with van der Waals surface area (Å²) in [7, 11) is 2.34. The molecule has 0 saturated heterocycles. The molecular formula is C17H13ClN2O7. The first-order valence-corrected chi connectivity index (χ1v) is 7.72. The van der Waals surface area contributed by atoms with Crippen molar-refractivity contribution >= 4 is 40.8 Å². The van der Waals surface area contributed by atoms with Gasteiger partial charge in [0.05, 0.1) is 36.0 Å². The van der Waals surface area contributed by atoms with E-state index in [4.69, 9.17) is 11.6 Å². The molecule has 0 radical (unpaired) electrons. The lowest BCUT2D eigenvalue weighted by Crippen LogP contribution is -2.16. The molecule has 2 aromatic rings. The minimum absolute atomic E-state index is 0.0121. The van der Waals surface area contributed by atoms with Gasteiger partial charge in [-0.25, -0.2) is 9.59 Å². The van der Waals surface area contributed by atoms with Crippen molar-refractivity contribution in [3.8, 4) is 0 Å². The summed E-state index contributed by atoms with van der Waals surface area (Å²) in [6, 6.07) is 7.35. The third-order valence-corrected chi connectivity index (χ3v) is 3.82. The molecule has 1 amide bonds. The number of methoxy groups -OCH3 is 2. The summed E-state index contributed by atoms with van der Waals surface area (Å²) in [5, 5.41) is 13.3. The Hall–Kier alpha value is -3.46. The summed E-state index contributed by atoms with van der Waals surface area (Å²) in [6.45, 7) is 0. The maximum absolute atomic E-state index is 12.5. The van der Waals surface area contributed by atoms with E-state index >= 15 is 0 Å². The lowest BCUT2D eigenvalue weighted by Gasteiger charge is -2.11. The molecule has 0 bridgehead atoms. The van der Waals surface area contributed by atoms with Crippen LogP contribution in [0.5, 0.6) is 0 Å². The minimum atomic E-state index is -0.748. The molecule has 9 nitrogen and oxygen atoms in total. The molecular weight excluding hydrogens is 380 g/mol. The van der Waals surface area contributed by atoms with Crippen LogP contribution in [0.3, 0.4) is 0 Å². The van der Waals surface area contributed by atoms with Gasteiger partial charge in [0.2, 0.25) is 0 Å². The molecule has 0 aliphatic carbocycles. The lowest BCUT2D eigenvalue weighted by atomic mass is 10.1. The number of ether oxygens (including phenoxy) is 2. The van der Waals surface area contributed by atoms with Gasteiger partial charge in [0.1, 0.15) is 5.02 Å². The zero-order valence-corrected chi connectivity index (χ0v) is 14.9. The van der Waals surface area contributed by atoms with E-state index in [1.54, 1.807) is 0 Å². The molecule has 0 heterocycles. The first-order chi connectivity index (χ1) is 12.8. The predicted octanol–water partition coefficient (Wildman–Crippen LogP) is 3.07. The van der Waals surface area contributed by atoms with Crippen molar-refractivity contribution in [1.82, 2.24) is 0 Å². The van der Waals surface area contributed by atoms with E-state index in [0.29, 0.717) is 0 Å². The number of rotatable bonds is 5. The van der Waals surface area contributed by atoms with Crippen LogP contribution in [0.25, 0.3) is 0 Å². The second-order valence-corrected chi connectivity index (χ2v) is 5.53. The number of carbonyl (C=O) groups is 3. The molecule has 0 unspecified atom stereocenters. The van der Waals surface area contributed by atoms with Crippen LogP contribution in [0.15, 0.2) is 36.4 Å². The average molecular weight is 393 g/mol. The highest BCUT2D eigenvalue weighted by molar-refractivity contribution is 6.32. The molecule has 10 heteroatoms. The quantitative estimate of drug-likeness (QED) is 0.470.